The van der Waals surface area contributed by atoms with Gasteiger partial charge in [-0.2, -0.15) is 0 Å². The minimum absolute atomic E-state index is 0.0112. The fourth-order valence-electron chi connectivity index (χ4n) is 9.42. The van der Waals surface area contributed by atoms with Crippen molar-refractivity contribution in [3.63, 3.8) is 0 Å². The lowest BCUT2D eigenvalue weighted by Crippen LogP contribution is -2.42. The number of hydrogen-bond acceptors (Lipinski definition) is 10. The highest BCUT2D eigenvalue weighted by Gasteiger charge is 2.38. The summed E-state index contributed by atoms with van der Waals surface area (Å²) in [5, 5.41) is 4.90. The normalized spacial score (nSPS) is 16.9. The lowest BCUT2D eigenvalue weighted by molar-refractivity contribution is -0.137. The van der Waals surface area contributed by atoms with Crippen LogP contribution in [0.5, 0.6) is 0 Å². The summed E-state index contributed by atoms with van der Waals surface area (Å²) in [6.07, 6.45) is 9.82. The molecule has 68 heavy (non-hydrogen) atoms. The van der Waals surface area contributed by atoms with E-state index in [0.29, 0.717) is 25.9 Å². The SMILES string of the molecule is CN(C)CCCC(=O)C[C@@H](C(=O)N1CCC[C@H]1c1ncc(-c2ccc(-c3ccc(-c4cnc([C@@H]5CCCN5C(=O)[C@H](NC(=O)CCCN(C)C)c5ccccc5)s4)cc3)cc2)s1)c1ccccc1. The van der Waals surface area contributed by atoms with E-state index in [2.05, 4.69) is 63.6 Å². The van der Waals surface area contributed by atoms with Crippen LogP contribution in [0.3, 0.4) is 0 Å². The number of rotatable bonds is 20. The molecule has 4 aromatic carbocycles. The van der Waals surface area contributed by atoms with Gasteiger partial charge in [0, 0.05) is 44.7 Å². The summed E-state index contributed by atoms with van der Waals surface area (Å²) in [7, 11) is 7.99. The standard InChI is InChI=1S/C55H63N7O4S2/c1-59(2)31-11-19-44(63)35-45(40-15-7-5-8-16-40)54(65)61-33-12-20-46(61)52-56-36-48(67-52)41-27-23-38(24-28-41)39-25-29-42(30-26-39)49-37-57-53(68-49)47-21-13-34-62(47)55(66)51(43-17-9-6-10-18-43)58-50(64)22-14-32-60(3)4/h5-10,15-18,23-30,36-37,45-47,51H,11-14,19-22,31-35H2,1-4H3,(H,58,64)/t45-,46+,47+,51-/m1/s1. The summed E-state index contributed by atoms with van der Waals surface area (Å²) < 4.78 is 0. The van der Waals surface area contributed by atoms with Gasteiger partial charge in [-0.05, 0) is 113 Å². The zero-order valence-electron chi connectivity index (χ0n) is 39.7. The average molecular weight is 950 g/mol. The Hall–Kier alpha value is -5.86. The summed E-state index contributed by atoms with van der Waals surface area (Å²) >= 11 is 3.26. The first-order chi connectivity index (χ1) is 33.0. The van der Waals surface area contributed by atoms with Gasteiger partial charge in [0.15, 0.2) is 0 Å². The third-order valence-electron chi connectivity index (χ3n) is 13.0. The van der Waals surface area contributed by atoms with Gasteiger partial charge < -0.3 is 24.9 Å². The lowest BCUT2D eigenvalue weighted by atomic mass is 9.91. The molecule has 8 rings (SSSR count). The number of nitrogens with zero attached hydrogens (tertiary/aromatic N) is 6. The van der Waals surface area contributed by atoms with Crippen molar-refractivity contribution in [2.45, 2.75) is 81.8 Å². The molecule has 0 bridgehead atoms. The molecule has 11 nitrogen and oxygen atoms in total. The Morgan fingerprint density at radius 2 is 1.06 bits per heavy atom. The molecular weight excluding hydrogens is 887 g/mol. The maximum Gasteiger partial charge on any atom is 0.250 e. The molecule has 13 heteroatoms. The van der Waals surface area contributed by atoms with Gasteiger partial charge in [0.1, 0.15) is 21.8 Å². The molecule has 2 aromatic heterocycles. The quantitative estimate of drug-likeness (QED) is 0.0804. The van der Waals surface area contributed by atoms with Gasteiger partial charge in [-0.1, -0.05) is 109 Å². The van der Waals surface area contributed by atoms with E-state index in [1.807, 2.05) is 111 Å². The summed E-state index contributed by atoms with van der Waals surface area (Å²) in [6.45, 7) is 2.92. The molecule has 0 aliphatic carbocycles. The first-order valence-electron chi connectivity index (χ1n) is 24.0. The van der Waals surface area contributed by atoms with Crippen molar-refractivity contribution in [3.8, 4) is 32.0 Å². The van der Waals surface area contributed by atoms with E-state index < -0.39 is 12.0 Å². The van der Waals surface area contributed by atoms with Gasteiger partial charge >= 0.3 is 0 Å². The maximum atomic E-state index is 14.3. The first kappa shape index (κ1) is 48.6. The van der Waals surface area contributed by atoms with Crippen molar-refractivity contribution in [1.82, 2.24) is 34.9 Å². The van der Waals surface area contributed by atoms with Crippen LogP contribution in [0.25, 0.3) is 32.0 Å². The average Bonchev–Trinajstić information content (AvgIpc) is 4.20. The molecular formula is C55H63N7O4S2. The monoisotopic (exact) mass is 949 g/mol. The van der Waals surface area contributed by atoms with Gasteiger partial charge in [0.05, 0.1) is 27.8 Å². The predicted molar refractivity (Wildman–Crippen MR) is 273 cm³/mol. The second-order valence-electron chi connectivity index (χ2n) is 18.6. The van der Waals surface area contributed by atoms with E-state index in [9.17, 15) is 19.2 Å². The molecule has 0 saturated carbocycles. The van der Waals surface area contributed by atoms with Crippen LogP contribution >= 0.6 is 22.7 Å². The highest BCUT2D eigenvalue weighted by Crippen LogP contribution is 2.41. The van der Waals surface area contributed by atoms with E-state index >= 15 is 0 Å². The summed E-state index contributed by atoms with van der Waals surface area (Å²) in [5.74, 6) is -0.590. The number of carbonyl (C=O) groups is 4. The fourth-order valence-corrected chi connectivity index (χ4v) is 11.6. The molecule has 0 spiro atoms. The van der Waals surface area contributed by atoms with Crippen LogP contribution in [0, 0.1) is 0 Å². The van der Waals surface area contributed by atoms with Gasteiger partial charge in [-0.25, -0.2) is 9.97 Å². The minimum Gasteiger partial charge on any atom is -0.341 e. The van der Waals surface area contributed by atoms with E-state index in [1.54, 1.807) is 22.7 Å². The Bertz CT molecular complexity index is 2430. The highest BCUT2D eigenvalue weighted by atomic mass is 32.1. The number of likely N-dealkylation sites (tertiary alicyclic amines) is 2. The van der Waals surface area contributed by atoms with Gasteiger partial charge in [0.25, 0.3) is 0 Å². The van der Waals surface area contributed by atoms with E-state index in [4.69, 9.17) is 9.97 Å². The molecule has 2 aliphatic rings. The molecule has 2 saturated heterocycles. The molecule has 4 heterocycles. The van der Waals surface area contributed by atoms with Gasteiger partial charge in [-0.3, -0.25) is 19.2 Å². The topological polar surface area (TPSA) is 119 Å². The highest BCUT2D eigenvalue weighted by molar-refractivity contribution is 7.15. The number of Topliss-reactive ketones (excluding diaryl/α,β-unsaturated/α-hetero) is 1. The van der Waals surface area contributed by atoms with E-state index in [1.165, 1.54) is 0 Å². The summed E-state index contributed by atoms with van der Waals surface area (Å²) in [6, 6.07) is 35.4. The number of carbonyl (C=O) groups excluding carboxylic acids is 4. The lowest BCUT2D eigenvalue weighted by Gasteiger charge is -2.28. The molecule has 1 N–H and O–H groups in total. The Kier molecular flexibility index (Phi) is 16.4. The summed E-state index contributed by atoms with van der Waals surface area (Å²) in [4.78, 5) is 74.7. The van der Waals surface area contributed by atoms with Crippen molar-refractivity contribution < 1.29 is 19.2 Å². The number of ketones is 1. The number of nitrogens with one attached hydrogen (secondary N) is 1. The van der Waals surface area contributed by atoms with Gasteiger partial charge in [-0.15, -0.1) is 22.7 Å². The Morgan fingerprint density at radius 1 is 0.603 bits per heavy atom. The third kappa shape index (κ3) is 12.0. The Labute approximate surface area is 409 Å². The number of aromatic nitrogens is 2. The maximum absolute atomic E-state index is 14.3. The molecule has 4 atom stereocenters. The number of amides is 3. The van der Waals surface area contributed by atoms with E-state index in [-0.39, 0.29) is 42.0 Å². The molecule has 2 fully saturated rings. The number of hydrogen-bond donors (Lipinski definition) is 1. The second-order valence-corrected chi connectivity index (χ2v) is 20.7. The number of benzene rings is 4. The van der Waals surface area contributed by atoms with Crippen LogP contribution in [0.4, 0.5) is 0 Å². The van der Waals surface area contributed by atoms with Crippen molar-refractivity contribution in [2.24, 2.45) is 0 Å². The molecule has 6 aromatic rings. The first-order valence-corrected chi connectivity index (χ1v) is 25.6. The Balaban J connectivity index is 0.905. The Morgan fingerprint density at radius 3 is 1.56 bits per heavy atom. The van der Waals surface area contributed by atoms with E-state index in [0.717, 1.165) is 105 Å². The fraction of sp³-hybridized carbons (Fsp3) is 0.382. The molecule has 354 valence electrons. The second kappa shape index (κ2) is 23.0. The van der Waals surface area contributed by atoms with Crippen molar-refractivity contribution in [1.29, 1.82) is 0 Å². The van der Waals surface area contributed by atoms with Crippen LogP contribution in [0.15, 0.2) is 122 Å². The number of thiazole rings is 2. The smallest absolute Gasteiger partial charge is 0.250 e. The molecule has 2 aliphatic heterocycles. The van der Waals surface area contributed by atoms with Crippen LogP contribution in [-0.4, -0.2) is 107 Å². The van der Waals surface area contributed by atoms with Crippen molar-refractivity contribution in [2.75, 3.05) is 54.4 Å². The zero-order chi connectivity index (χ0) is 47.6. The largest absolute Gasteiger partial charge is 0.341 e. The van der Waals surface area contributed by atoms with Crippen LogP contribution < -0.4 is 5.32 Å². The van der Waals surface area contributed by atoms with Crippen LogP contribution in [-0.2, 0) is 19.2 Å². The van der Waals surface area contributed by atoms with Crippen LogP contribution in [0.1, 0.15) is 103 Å². The molecule has 3 amide bonds. The van der Waals surface area contributed by atoms with Gasteiger partial charge in [0.2, 0.25) is 17.7 Å². The minimum atomic E-state index is -0.754. The molecule has 0 unspecified atom stereocenters. The van der Waals surface area contributed by atoms with Crippen LogP contribution in [0.2, 0.25) is 0 Å². The summed E-state index contributed by atoms with van der Waals surface area (Å²) in [5.41, 5.74) is 6.01. The third-order valence-corrected chi connectivity index (χ3v) is 15.3. The van der Waals surface area contributed by atoms with Crippen molar-refractivity contribution in [3.05, 3.63) is 143 Å². The van der Waals surface area contributed by atoms with Crippen molar-refractivity contribution >= 4 is 46.2 Å². The zero-order valence-corrected chi connectivity index (χ0v) is 41.3. The predicted octanol–water partition coefficient (Wildman–Crippen LogP) is 10.2. The molecule has 0 radical (unpaired) electrons.